The van der Waals surface area contributed by atoms with Gasteiger partial charge in [0.1, 0.15) is 10.7 Å². The van der Waals surface area contributed by atoms with Crippen molar-refractivity contribution in [3.8, 4) is 0 Å². The van der Waals surface area contributed by atoms with Gasteiger partial charge in [0.25, 0.3) is 0 Å². The lowest BCUT2D eigenvalue weighted by Gasteiger charge is -2.32. The molecule has 2 saturated heterocycles. The molecule has 2 heterocycles. The van der Waals surface area contributed by atoms with Gasteiger partial charge in [-0.25, -0.2) is 12.8 Å². The number of hydrogen-bond donors (Lipinski definition) is 0. The first-order valence-corrected chi connectivity index (χ1v) is 8.66. The number of carbonyl (C=O) groups is 1. The lowest BCUT2D eigenvalue weighted by molar-refractivity contribution is -0.116. The lowest BCUT2D eigenvalue weighted by Crippen LogP contribution is -2.45. The minimum absolute atomic E-state index is 0.0201. The highest BCUT2D eigenvalue weighted by Crippen LogP contribution is 2.46. The van der Waals surface area contributed by atoms with Gasteiger partial charge in [-0.05, 0) is 30.7 Å². The van der Waals surface area contributed by atoms with Crippen molar-refractivity contribution in [2.75, 3.05) is 22.2 Å². The summed E-state index contributed by atoms with van der Waals surface area (Å²) in [5.74, 6) is -0.143. The summed E-state index contributed by atoms with van der Waals surface area (Å²) in [6, 6.07) is 5.60. The maximum absolute atomic E-state index is 13.0. The van der Waals surface area contributed by atoms with E-state index in [2.05, 4.69) is 0 Å². The minimum Gasteiger partial charge on any atom is -0.295 e. The van der Waals surface area contributed by atoms with Crippen molar-refractivity contribution < 1.29 is 17.6 Å². The Kier molecular flexibility index (Phi) is 2.86. The first-order chi connectivity index (χ1) is 8.92. The van der Waals surface area contributed by atoms with Gasteiger partial charge in [0.15, 0.2) is 9.84 Å². The Labute approximate surface area is 114 Å². The summed E-state index contributed by atoms with van der Waals surface area (Å²) in [6.07, 6.45) is 0.434. The molecule has 0 radical (unpaired) electrons. The van der Waals surface area contributed by atoms with Crippen molar-refractivity contribution in [2.24, 2.45) is 0 Å². The molecule has 4 nitrogen and oxygen atoms in total. The molecule has 1 atom stereocenters. The van der Waals surface area contributed by atoms with Crippen LogP contribution in [0, 0.1) is 5.82 Å². The van der Waals surface area contributed by atoms with Crippen molar-refractivity contribution in [3.63, 3.8) is 0 Å². The molecule has 2 aliphatic rings. The summed E-state index contributed by atoms with van der Waals surface area (Å²) in [7, 11) is -3.10. The predicted molar refractivity (Wildman–Crippen MR) is 72.3 cm³/mol. The van der Waals surface area contributed by atoms with Crippen LogP contribution < -0.4 is 4.90 Å². The maximum atomic E-state index is 13.0. The van der Waals surface area contributed by atoms with Crippen molar-refractivity contribution in [3.05, 3.63) is 30.1 Å². The van der Waals surface area contributed by atoms with Gasteiger partial charge in [-0.2, -0.15) is 0 Å². The predicted octanol–water partition coefficient (Wildman–Crippen LogP) is 1.42. The number of sulfone groups is 1. The molecule has 1 amide bonds. The standard InChI is InChI=1S/C12H12FNO3S2/c13-9-1-3-10(4-2-9)14-11(15)7-18-12(14)5-6-19(16,17)8-12/h1-4H,5-8H2/t12-/m0/s1. The van der Waals surface area contributed by atoms with Crippen LogP contribution in [0.25, 0.3) is 0 Å². The van der Waals surface area contributed by atoms with Gasteiger partial charge in [0, 0.05) is 5.69 Å². The van der Waals surface area contributed by atoms with Crippen LogP contribution in [0.4, 0.5) is 10.1 Å². The number of halogens is 1. The highest BCUT2D eigenvalue weighted by atomic mass is 32.2. The second kappa shape index (κ2) is 4.21. The van der Waals surface area contributed by atoms with Crippen molar-refractivity contribution in [1.29, 1.82) is 0 Å². The van der Waals surface area contributed by atoms with E-state index < -0.39 is 14.7 Å². The lowest BCUT2D eigenvalue weighted by atomic mass is 10.1. The van der Waals surface area contributed by atoms with Gasteiger partial charge in [-0.3, -0.25) is 9.69 Å². The van der Waals surface area contributed by atoms with Crippen molar-refractivity contribution in [2.45, 2.75) is 11.3 Å². The molecule has 7 heteroatoms. The maximum Gasteiger partial charge on any atom is 0.238 e. The van der Waals surface area contributed by atoms with E-state index in [0.717, 1.165) is 0 Å². The fourth-order valence-corrected chi connectivity index (χ4v) is 6.47. The van der Waals surface area contributed by atoms with Gasteiger partial charge in [0.05, 0.1) is 17.3 Å². The summed E-state index contributed by atoms with van der Waals surface area (Å²) in [6.45, 7) is 0. The van der Waals surface area contributed by atoms with Gasteiger partial charge in [0.2, 0.25) is 5.91 Å². The molecule has 0 bridgehead atoms. The number of benzene rings is 1. The molecular weight excluding hydrogens is 289 g/mol. The molecule has 3 rings (SSSR count). The number of rotatable bonds is 1. The van der Waals surface area contributed by atoms with Crippen LogP contribution in [0.3, 0.4) is 0 Å². The molecule has 0 saturated carbocycles. The Balaban J connectivity index is 2.02. The molecule has 1 aromatic rings. The van der Waals surface area contributed by atoms with Gasteiger partial charge >= 0.3 is 0 Å². The summed E-state index contributed by atoms with van der Waals surface area (Å²) < 4.78 is 36.4. The Hall–Kier alpha value is -1.08. The zero-order chi connectivity index (χ0) is 13.7. The topological polar surface area (TPSA) is 54.5 Å². The Morgan fingerprint density at radius 2 is 1.95 bits per heavy atom. The molecule has 1 aromatic carbocycles. The average Bonchev–Trinajstić information content (AvgIpc) is 2.82. The molecule has 2 aliphatic heterocycles. The molecular formula is C12H12FNO3S2. The van der Waals surface area contributed by atoms with Gasteiger partial charge in [-0.1, -0.05) is 0 Å². The minimum atomic E-state index is -3.10. The van der Waals surface area contributed by atoms with E-state index in [0.29, 0.717) is 12.1 Å². The molecule has 2 fully saturated rings. The van der Waals surface area contributed by atoms with E-state index in [1.165, 1.54) is 40.9 Å². The third-order valence-electron chi connectivity index (χ3n) is 3.46. The quantitative estimate of drug-likeness (QED) is 0.787. The monoisotopic (exact) mass is 301 g/mol. The Morgan fingerprint density at radius 3 is 2.53 bits per heavy atom. The number of thioether (sulfide) groups is 1. The van der Waals surface area contributed by atoms with Gasteiger partial charge in [-0.15, -0.1) is 11.8 Å². The van der Waals surface area contributed by atoms with E-state index in [4.69, 9.17) is 0 Å². The Bertz CT molecular complexity index is 629. The zero-order valence-corrected chi connectivity index (χ0v) is 11.6. The Morgan fingerprint density at radius 1 is 1.26 bits per heavy atom. The second-order valence-corrected chi connectivity index (χ2v) is 8.30. The third-order valence-corrected chi connectivity index (χ3v) is 6.84. The zero-order valence-electron chi connectivity index (χ0n) is 10.0. The van der Waals surface area contributed by atoms with Crippen LogP contribution in [0.15, 0.2) is 24.3 Å². The number of anilines is 1. The number of amides is 1. The smallest absolute Gasteiger partial charge is 0.238 e. The van der Waals surface area contributed by atoms with E-state index >= 15 is 0 Å². The fourth-order valence-electron chi connectivity index (χ4n) is 2.62. The van der Waals surface area contributed by atoms with Gasteiger partial charge < -0.3 is 0 Å². The molecule has 19 heavy (non-hydrogen) atoms. The van der Waals surface area contributed by atoms with E-state index in [1.54, 1.807) is 0 Å². The number of nitrogens with zero attached hydrogens (tertiary/aromatic N) is 1. The van der Waals surface area contributed by atoms with Crippen LogP contribution in [-0.2, 0) is 14.6 Å². The number of hydrogen-bond acceptors (Lipinski definition) is 4. The highest BCUT2D eigenvalue weighted by molar-refractivity contribution is 8.03. The summed E-state index contributed by atoms with van der Waals surface area (Å²) in [4.78, 5) is 12.9. The van der Waals surface area contributed by atoms with Crippen molar-refractivity contribution in [1.82, 2.24) is 0 Å². The van der Waals surface area contributed by atoms with Crippen molar-refractivity contribution >= 4 is 33.2 Å². The van der Waals surface area contributed by atoms with Crippen LogP contribution in [0.1, 0.15) is 6.42 Å². The normalized spacial score (nSPS) is 29.3. The molecule has 0 unspecified atom stereocenters. The van der Waals surface area contributed by atoms with Crippen LogP contribution in [0.5, 0.6) is 0 Å². The highest BCUT2D eigenvalue weighted by Gasteiger charge is 2.53. The second-order valence-electron chi connectivity index (χ2n) is 4.78. The van der Waals surface area contributed by atoms with Crippen LogP contribution >= 0.6 is 11.8 Å². The first kappa shape index (κ1) is 12.9. The van der Waals surface area contributed by atoms with Crippen LogP contribution in [0.2, 0.25) is 0 Å². The van der Waals surface area contributed by atoms with E-state index in [1.807, 2.05) is 0 Å². The molecule has 0 aliphatic carbocycles. The number of carbonyl (C=O) groups excluding carboxylic acids is 1. The summed E-state index contributed by atoms with van der Waals surface area (Å²) in [5.41, 5.74) is 0.563. The molecule has 0 N–H and O–H groups in total. The molecule has 0 aromatic heterocycles. The summed E-state index contributed by atoms with van der Waals surface area (Å²) >= 11 is 1.37. The largest absolute Gasteiger partial charge is 0.295 e. The molecule has 102 valence electrons. The molecule has 1 spiro atoms. The van der Waals surface area contributed by atoms with Crippen LogP contribution in [-0.4, -0.2) is 36.5 Å². The summed E-state index contributed by atoms with van der Waals surface area (Å²) in [5, 5.41) is 0. The first-order valence-electron chi connectivity index (χ1n) is 5.85. The third kappa shape index (κ3) is 2.14. The fraction of sp³-hybridized carbons (Fsp3) is 0.417. The SMILES string of the molecule is O=C1CS[C@]2(CCS(=O)(=O)C2)N1c1ccc(F)cc1. The average molecular weight is 301 g/mol. The van der Waals surface area contributed by atoms with E-state index in [9.17, 15) is 17.6 Å². The van der Waals surface area contributed by atoms with E-state index in [-0.39, 0.29) is 29.0 Å².